The molecule has 0 saturated carbocycles. The summed E-state index contributed by atoms with van der Waals surface area (Å²) in [7, 11) is 4.20. The van der Waals surface area contributed by atoms with Crippen molar-refractivity contribution >= 4 is 0 Å². The molecule has 0 aliphatic carbocycles. The number of hydrogen-bond acceptors (Lipinski definition) is 3. The molecule has 3 nitrogen and oxygen atoms in total. The number of nitrogens with zero attached hydrogens (tertiary/aromatic N) is 1. The minimum atomic E-state index is 0.374. The van der Waals surface area contributed by atoms with E-state index in [1.165, 1.54) is 11.1 Å². The van der Waals surface area contributed by atoms with E-state index in [0.29, 0.717) is 12.0 Å². The fourth-order valence-corrected chi connectivity index (χ4v) is 2.97. The summed E-state index contributed by atoms with van der Waals surface area (Å²) in [6.45, 7) is 6.28. The molecule has 0 spiro atoms. The van der Waals surface area contributed by atoms with E-state index in [4.69, 9.17) is 4.42 Å². The molecule has 1 N–H and O–H groups in total. The third-order valence-electron chi connectivity index (χ3n) is 4.04. The number of benzene rings is 1. The van der Waals surface area contributed by atoms with Crippen molar-refractivity contribution in [1.82, 2.24) is 10.2 Å². The lowest BCUT2D eigenvalue weighted by atomic mass is 9.94. The monoisotopic (exact) mass is 286 g/mol. The molecule has 2 atom stereocenters. The molecule has 2 rings (SSSR count). The highest BCUT2D eigenvalue weighted by atomic mass is 16.3. The van der Waals surface area contributed by atoms with Crippen LogP contribution in [0.3, 0.4) is 0 Å². The first kappa shape index (κ1) is 15.8. The van der Waals surface area contributed by atoms with Gasteiger partial charge in [-0.05, 0) is 38.6 Å². The first-order chi connectivity index (χ1) is 10.1. The van der Waals surface area contributed by atoms with Crippen LogP contribution < -0.4 is 5.32 Å². The molecule has 0 aliphatic rings. The molecule has 0 saturated heterocycles. The summed E-state index contributed by atoms with van der Waals surface area (Å²) in [4.78, 5) is 2.36. The van der Waals surface area contributed by atoms with Crippen LogP contribution in [0.1, 0.15) is 29.9 Å². The Bertz CT molecular complexity index is 535. The minimum Gasteiger partial charge on any atom is -0.469 e. The predicted molar refractivity (Wildman–Crippen MR) is 87.2 cm³/mol. The lowest BCUT2D eigenvalue weighted by Crippen LogP contribution is -2.32. The van der Waals surface area contributed by atoms with Gasteiger partial charge in [-0.1, -0.05) is 37.3 Å². The van der Waals surface area contributed by atoms with Gasteiger partial charge in [0.15, 0.2) is 0 Å². The number of nitrogens with one attached hydrogen (secondary N) is 1. The maximum absolute atomic E-state index is 5.37. The van der Waals surface area contributed by atoms with Crippen LogP contribution in [-0.2, 0) is 6.54 Å². The van der Waals surface area contributed by atoms with Gasteiger partial charge in [-0.2, -0.15) is 0 Å². The smallest absolute Gasteiger partial charge is 0.105 e. The quantitative estimate of drug-likeness (QED) is 0.842. The van der Waals surface area contributed by atoms with E-state index < -0.39 is 0 Å². The van der Waals surface area contributed by atoms with Crippen LogP contribution in [-0.4, -0.2) is 25.5 Å². The van der Waals surface area contributed by atoms with Gasteiger partial charge in [-0.15, -0.1) is 0 Å². The Hall–Kier alpha value is -1.58. The summed E-state index contributed by atoms with van der Waals surface area (Å²) in [5, 5.41) is 3.45. The topological polar surface area (TPSA) is 28.4 Å². The molecule has 114 valence electrons. The van der Waals surface area contributed by atoms with Crippen LogP contribution in [0.15, 0.2) is 47.1 Å². The number of hydrogen-bond donors (Lipinski definition) is 1. The molecule has 0 bridgehead atoms. The average Bonchev–Trinajstić information content (AvgIpc) is 2.86. The standard InChI is InChI=1S/C18H26N2O/c1-14(18(19-3)16-8-6-5-7-9-16)12-20(4)13-17-10-11-21-15(17)2/h5-11,14,18-19H,12-13H2,1-4H3. The molecule has 2 aromatic rings. The molecule has 0 radical (unpaired) electrons. The maximum Gasteiger partial charge on any atom is 0.105 e. The normalized spacial score (nSPS) is 14.3. The van der Waals surface area contributed by atoms with Gasteiger partial charge in [0.2, 0.25) is 0 Å². The predicted octanol–water partition coefficient (Wildman–Crippen LogP) is 3.62. The summed E-state index contributed by atoms with van der Waals surface area (Å²) in [6, 6.07) is 13.1. The summed E-state index contributed by atoms with van der Waals surface area (Å²) >= 11 is 0. The molecule has 2 unspecified atom stereocenters. The second-order valence-corrected chi connectivity index (χ2v) is 5.85. The zero-order chi connectivity index (χ0) is 15.2. The van der Waals surface area contributed by atoms with Crippen molar-refractivity contribution in [3.05, 3.63) is 59.5 Å². The van der Waals surface area contributed by atoms with Crippen molar-refractivity contribution < 1.29 is 4.42 Å². The van der Waals surface area contributed by atoms with Gasteiger partial charge in [0.1, 0.15) is 5.76 Å². The zero-order valence-corrected chi connectivity index (χ0v) is 13.5. The minimum absolute atomic E-state index is 0.374. The lowest BCUT2D eigenvalue weighted by Gasteiger charge is -2.28. The third-order valence-corrected chi connectivity index (χ3v) is 4.04. The molecule has 1 aromatic carbocycles. The molecule has 0 fully saturated rings. The van der Waals surface area contributed by atoms with E-state index in [2.05, 4.69) is 60.6 Å². The Morgan fingerprint density at radius 1 is 1.19 bits per heavy atom. The van der Waals surface area contributed by atoms with Gasteiger partial charge < -0.3 is 14.6 Å². The summed E-state index contributed by atoms with van der Waals surface area (Å²) in [6.07, 6.45) is 1.77. The van der Waals surface area contributed by atoms with E-state index >= 15 is 0 Å². The van der Waals surface area contributed by atoms with Gasteiger partial charge >= 0.3 is 0 Å². The van der Waals surface area contributed by atoms with Crippen LogP contribution in [0.4, 0.5) is 0 Å². The van der Waals surface area contributed by atoms with Crippen LogP contribution in [0.25, 0.3) is 0 Å². The van der Waals surface area contributed by atoms with Crippen molar-refractivity contribution in [3.63, 3.8) is 0 Å². The first-order valence-electron chi connectivity index (χ1n) is 7.55. The van der Waals surface area contributed by atoms with Crippen LogP contribution >= 0.6 is 0 Å². The van der Waals surface area contributed by atoms with Crippen LogP contribution in [0.2, 0.25) is 0 Å². The first-order valence-corrected chi connectivity index (χ1v) is 7.55. The Labute approximate surface area is 128 Å². The highest BCUT2D eigenvalue weighted by molar-refractivity contribution is 5.19. The third kappa shape index (κ3) is 4.19. The van der Waals surface area contributed by atoms with Crippen molar-refractivity contribution in [3.8, 4) is 0 Å². The van der Waals surface area contributed by atoms with Crippen molar-refractivity contribution in [1.29, 1.82) is 0 Å². The van der Waals surface area contributed by atoms with Crippen LogP contribution in [0, 0.1) is 12.8 Å². The van der Waals surface area contributed by atoms with Crippen molar-refractivity contribution in [2.45, 2.75) is 26.4 Å². The van der Waals surface area contributed by atoms with E-state index in [0.717, 1.165) is 18.8 Å². The fourth-order valence-electron chi connectivity index (χ4n) is 2.97. The second-order valence-electron chi connectivity index (χ2n) is 5.85. The summed E-state index contributed by atoms with van der Waals surface area (Å²) < 4.78 is 5.37. The largest absolute Gasteiger partial charge is 0.469 e. The van der Waals surface area contributed by atoms with Gasteiger partial charge in [-0.3, -0.25) is 0 Å². The average molecular weight is 286 g/mol. The lowest BCUT2D eigenvalue weighted by molar-refractivity contribution is 0.244. The summed E-state index contributed by atoms with van der Waals surface area (Å²) in [5.41, 5.74) is 2.62. The molecule has 1 aromatic heterocycles. The Balaban J connectivity index is 1.96. The number of furan rings is 1. The Morgan fingerprint density at radius 2 is 1.90 bits per heavy atom. The number of rotatable bonds is 7. The van der Waals surface area contributed by atoms with E-state index in [9.17, 15) is 0 Å². The number of aryl methyl sites for hydroxylation is 1. The Morgan fingerprint density at radius 3 is 2.48 bits per heavy atom. The maximum atomic E-state index is 5.37. The molecule has 21 heavy (non-hydrogen) atoms. The van der Waals surface area contributed by atoms with Crippen LogP contribution in [0.5, 0.6) is 0 Å². The molecule has 0 aliphatic heterocycles. The van der Waals surface area contributed by atoms with Crippen molar-refractivity contribution in [2.75, 3.05) is 20.6 Å². The van der Waals surface area contributed by atoms with Crippen molar-refractivity contribution in [2.24, 2.45) is 5.92 Å². The highest BCUT2D eigenvalue weighted by Crippen LogP contribution is 2.22. The van der Waals surface area contributed by atoms with Gasteiger partial charge in [0.05, 0.1) is 6.26 Å². The highest BCUT2D eigenvalue weighted by Gasteiger charge is 2.19. The molecular weight excluding hydrogens is 260 g/mol. The molecule has 3 heteroatoms. The van der Waals surface area contributed by atoms with Gasteiger partial charge in [-0.25, -0.2) is 0 Å². The molecular formula is C18H26N2O. The SMILES string of the molecule is CNC(c1ccccc1)C(C)CN(C)Cc1ccoc1C. The van der Waals surface area contributed by atoms with E-state index in [1.807, 2.05) is 14.0 Å². The summed E-state index contributed by atoms with van der Waals surface area (Å²) in [5.74, 6) is 1.54. The molecule has 0 amide bonds. The van der Waals surface area contributed by atoms with Gasteiger partial charge in [0, 0.05) is 24.7 Å². The van der Waals surface area contributed by atoms with E-state index in [-0.39, 0.29) is 0 Å². The second kappa shape index (κ2) is 7.43. The fraction of sp³-hybridized carbons (Fsp3) is 0.444. The molecule has 1 heterocycles. The van der Waals surface area contributed by atoms with Gasteiger partial charge in [0.25, 0.3) is 0 Å². The van der Waals surface area contributed by atoms with E-state index in [1.54, 1.807) is 6.26 Å². The zero-order valence-electron chi connectivity index (χ0n) is 13.5. The Kier molecular flexibility index (Phi) is 5.59.